The van der Waals surface area contributed by atoms with Crippen LogP contribution in [0.3, 0.4) is 0 Å². The van der Waals surface area contributed by atoms with Crippen molar-refractivity contribution in [2.24, 2.45) is 0 Å². The molecule has 31 heavy (non-hydrogen) atoms. The molecule has 1 N–H and O–H groups in total. The summed E-state index contributed by atoms with van der Waals surface area (Å²) in [6.45, 7) is 7.33. The molecular formula is C24H30N5O2+. The maximum absolute atomic E-state index is 12.9. The zero-order valence-corrected chi connectivity index (χ0v) is 18.5. The average Bonchev–Trinajstić information content (AvgIpc) is 3.11. The number of pyridine rings is 1. The number of aromatic nitrogens is 3. The quantitative estimate of drug-likeness (QED) is 0.615. The fourth-order valence-electron chi connectivity index (χ4n) is 4.22. The van der Waals surface area contributed by atoms with Crippen LogP contribution in [0.15, 0.2) is 48.8 Å². The van der Waals surface area contributed by atoms with Crippen LogP contribution in [-0.4, -0.2) is 53.9 Å². The van der Waals surface area contributed by atoms with Crippen molar-refractivity contribution in [3.05, 3.63) is 65.7 Å². The lowest BCUT2D eigenvalue weighted by atomic mass is 10.1. The highest BCUT2D eigenvalue weighted by Crippen LogP contribution is 2.23. The number of hydrogen-bond acceptors (Lipinski definition) is 4. The van der Waals surface area contributed by atoms with Gasteiger partial charge >= 0.3 is 0 Å². The maximum atomic E-state index is 12.9. The number of nitrogens with one attached hydrogen (secondary N) is 1. The van der Waals surface area contributed by atoms with Gasteiger partial charge in [0.15, 0.2) is 12.4 Å². The monoisotopic (exact) mass is 420 g/mol. The first-order valence-corrected chi connectivity index (χ1v) is 10.7. The molecule has 3 heterocycles. The van der Waals surface area contributed by atoms with Crippen molar-refractivity contribution in [2.75, 3.05) is 38.2 Å². The number of methoxy groups -OCH3 is 1. The van der Waals surface area contributed by atoms with E-state index in [1.165, 1.54) is 5.69 Å². The van der Waals surface area contributed by atoms with Crippen LogP contribution >= 0.6 is 0 Å². The van der Waals surface area contributed by atoms with Crippen molar-refractivity contribution in [3.63, 3.8) is 0 Å². The third-order valence-electron chi connectivity index (χ3n) is 6.03. The summed E-state index contributed by atoms with van der Waals surface area (Å²) in [5.74, 6) is 1.02. The molecular weight excluding hydrogens is 390 g/mol. The molecule has 2 aromatic heterocycles. The van der Waals surface area contributed by atoms with E-state index in [1.54, 1.807) is 7.11 Å². The van der Waals surface area contributed by atoms with Crippen molar-refractivity contribution in [3.8, 4) is 11.4 Å². The van der Waals surface area contributed by atoms with Gasteiger partial charge in [0.25, 0.3) is 0 Å². The van der Waals surface area contributed by atoms with E-state index >= 15 is 0 Å². The lowest BCUT2D eigenvalue weighted by Crippen LogP contribution is -2.48. The molecule has 1 aliphatic heterocycles. The minimum atomic E-state index is 0.217. The van der Waals surface area contributed by atoms with Gasteiger partial charge in [-0.25, -0.2) is 9.67 Å². The summed E-state index contributed by atoms with van der Waals surface area (Å²) in [5.41, 5.74) is 5.35. The van der Waals surface area contributed by atoms with Gasteiger partial charge in [0.1, 0.15) is 5.75 Å². The summed E-state index contributed by atoms with van der Waals surface area (Å²) in [6, 6.07) is 12.0. The van der Waals surface area contributed by atoms with Gasteiger partial charge in [0.2, 0.25) is 5.91 Å². The van der Waals surface area contributed by atoms with Gasteiger partial charge < -0.3 is 14.5 Å². The van der Waals surface area contributed by atoms with Gasteiger partial charge in [-0.05, 0) is 38.0 Å². The van der Waals surface area contributed by atoms with Crippen molar-refractivity contribution in [1.29, 1.82) is 0 Å². The predicted octanol–water partition coefficient (Wildman–Crippen LogP) is 2.59. The number of ether oxygens (including phenoxy) is 1. The third kappa shape index (κ3) is 4.55. The van der Waals surface area contributed by atoms with E-state index in [9.17, 15) is 4.79 Å². The molecule has 1 saturated heterocycles. The van der Waals surface area contributed by atoms with Crippen LogP contribution < -0.4 is 14.6 Å². The number of hydrogen-bond donors (Lipinski definition) is 0. The molecule has 7 nitrogen and oxygen atoms in total. The maximum Gasteiger partial charge on any atom is 0.223 e. The highest BCUT2D eigenvalue weighted by molar-refractivity contribution is 5.77. The van der Waals surface area contributed by atoms with Crippen LogP contribution in [0.25, 0.3) is 5.69 Å². The Bertz CT molecular complexity index is 1040. The Hall–Kier alpha value is -3.35. The average molecular weight is 421 g/mol. The van der Waals surface area contributed by atoms with E-state index in [1.807, 2.05) is 53.2 Å². The second-order valence-corrected chi connectivity index (χ2v) is 7.89. The number of benzene rings is 1. The van der Waals surface area contributed by atoms with Gasteiger partial charge in [-0.2, -0.15) is 5.10 Å². The Labute approximate surface area is 183 Å². The molecule has 0 bridgehead atoms. The second kappa shape index (κ2) is 9.20. The van der Waals surface area contributed by atoms with Crippen LogP contribution in [0, 0.1) is 13.8 Å². The number of carbonyl (C=O) groups is 1. The molecule has 4 rings (SSSR count). The van der Waals surface area contributed by atoms with Crippen LogP contribution in [0.2, 0.25) is 0 Å². The fourth-order valence-corrected chi connectivity index (χ4v) is 4.22. The van der Waals surface area contributed by atoms with Gasteiger partial charge in [0, 0.05) is 62.2 Å². The first-order chi connectivity index (χ1) is 15.1. The molecule has 1 aromatic carbocycles. The van der Waals surface area contributed by atoms with Crippen LogP contribution in [0.5, 0.6) is 5.75 Å². The number of nitrogens with zero attached hydrogens (tertiary/aromatic N) is 4. The van der Waals surface area contributed by atoms with Crippen molar-refractivity contribution >= 4 is 11.6 Å². The zero-order chi connectivity index (χ0) is 21.8. The number of carbonyl (C=O) groups excluding carboxylic acids is 1. The minimum Gasteiger partial charge on any atom is -0.497 e. The molecule has 0 unspecified atom stereocenters. The Kier molecular flexibility index (Phi) is 6.21. The van der Waals surface area contributed by atoms with E-state index < -0.39 is 0 Å². The van der Waals surface area contributed by atoms with Gasteiger partial charge in [0.05, 0.1) is 18.5 Å². The molecule has 162 valence electrons. The summed E-state index contributed by atoms with van der Waals surface area (Å²) in [4.78, 5) is 20.2. The molecule has 0 spiro atoms. The first kappa shape index (κ1) is 20.9. The summed E-state index contributed by atoms with van der Waals surface area (Å²) in [5, 5.41) is 4.72. The number of piperazine rings is 1. The summed E-state index contributed by atoms with van der Waals surface area (Å²) in [7, 11) is 1.66. The van der Waals surface area contributed by atoms with E-state index in [-0.39, 0.29) is 5.91 Å². The van der Waals surface area contributed by atoms with E-state index in [0.29, 0.717) is 12.8 Å². The standard InChI is InChI=1S/C24H29N5O2/c1-18-23(19(2)29(26-18)21-5-4-6-22(17-21)31-3)7-8-24(30)28-15-13-27(14-16-28)20-9-11-25-12-10-20/h4-6,9-12,17H,7-8,13-16H2,1-3H3/p+1. The molecule has 0 saturated carbocycles. The number of amides is 1. The summed E-state index contributed by atoms with van der Waals surface area (Å²) >= 11 is 0. The molecule has 1 amide bonds. The number of H-pyrrole nitrogens is 1. The van der Waals surface area contributed by atoms with Crippen LogP contribution in [0.4, 0.5) is 5.69 Å². The van der Waals surface area contributed by atoms with E-state index in [4.69, 9.17) is 9.84 Å². The number of aryl methyl sites for hydroxylation is 1. The zero-order valence-electron chi connectivity index (χ0n) is 18.5. The van der Waals surface area contributed by atoms with Crippen LogP contribution in [0.1, 0.15) is 23.4 Å². The molecule has 1 fully saturated rings. The Morgan fingerprint density at radius 1 is 1.06 bits per heavy atom. The Balaban J connectivity index is 1.37. The van der Waals surface area contributed by atoms with Gasteiger partial charge in [-0.3, -0.25) is 4.79 Å². The van der Waals surface area contributed by atoms with Gasteiger partial charge in [-0.1, -0.05) is 6.07 Å². The summed E-state index contributed by atoms with van der Waals surface area (Å²) < 4.78 is 7.28. The van der Waals surface area contributed by atoms with E-state index in [2.05, 4.69) is 28.9 Å². The largest absolute Gasteiger partial charge is 0.497 e. The lowest BCUT2D eigenvalue weighted by Gasteiger charge is -2.35. The minimum absolute atomic E-state index is 0.217. The molecule has 0 atom stereocenters. The summed E-state index contributed by atoms with van der Waals surface area (Å²) in [6.07, 6.45) is 5.08. The first-order valence-electron chi connectivity index (χ1n) is 10.7. The second-order valence-electron chi connectivity index (χ2n) is 7.89. The Morgan fingerprint density at radius 2 is 1.81 bits per heavy atom. The highest BCUT2D eigenvalue weighted by Gasteiger charge is 2.22. The molecule has 7 heteroatoms. The molecule has 0 aliphatic carbocycles. The number of rotatable bonds is 6. The van der Waals surface area contributed by atoms with Crippen molar-refractivity contribution in [2.45, 2.75) is 26.7 Å². The SMILES string of the molecule is COc1cccc(-n2nc(C)c(CCC(=O)N3CCN(c4cc[nH+]cc4)CC3)c2C)c1. The fraction of sp³-hybridized carbons (Fsp3) is 0.375. The number of anilines is 1. The number of aromatic amines is 1. The molecule has 1 aliphatic rings. The third-order valence-corrected chi connectivity index (χ3v) is 6.03. The lowest BCUT2D eigenvalue weighted by molar-refractivity contribution is -0.377. The highest BCUT2D eigenvalue weighted by atomic mass is 16.5. The topological polar surface area (TPSA) is 64.7 Å². The predicted molar refractivity (Wildman–Crippen MR) is 120 cm³/mol. The van der Waals surface area contributed by atoms with E-state index in [0.717, 1.165) is 54.6 Å². The van der Waals surface area contributed by atoms with Crippen LogP contribution in [-0.2, 0) is 11.2 Å². The normalized spacial score (nSPS) is 14.0. The van der Waals surface area contributed by atoms with Crippen molar-refractivity contribution in [1.82, 2.24) is 14.7 Å². The Morgan fingerprint density at radius 3 is 2.52 bits per heavy atom. The van der Waals surface area contributed by atoms with Gasteiger partial charge in [-0.15, -0.1) is 0 Å². The molecule has 0 radical (unpaired) electrons. The molecule has 3 aromatic rings. The van der Waals surface area contributed by atoms with Crippen molar-refractivity contribution < 1.29 is 14.5 Å². The smallest absolute Gasteiger partial charge is 0.223 e.